The molecule has 1 aromatic rings. The Kier molecular flexibility index (Phi) is 4.85. The number of carbonyl (C=O) groups excluding carboxylic acids is 1. The van der Waals surface area contributed by atoms with Crippen LogP contribution in [-0.4, -0.2) is 16.0 Å². The van der Waals surface area contributed by atoms with Gasteiger partial charge in [-0.3, -0.25) is 4.79 Å². The number of rotatable bonds is 3. The maximum atomic E-state index is 11.3. The molecule has 0 aromatic carbocycles. The van der Waals surface area contributed by atoms with Gasteiger partial charge in [0, 0.05) is 12.6 Å². The van der Waals surface area contributed by atoms with Gasteiger partial charge in [0.2, 0.25) is 5.91 Å². The molecule has 4 nitrogen and oxygen atoms in total. The summed E-state index contributed by atoms with van der Waals surface area (Å²) in [7, 11) is 0. The molecule has 16 heavy (non-hydrogen) atoms. The van der Waals surface area contributed by atoms with E-state index in [2.05, 4.69) is 15.6 Å². The van der Waals surface area contributed by atoms with Crippen LogP contribution in [0.1, 0.15) is 25.3 Å². The second kappa shape index (κ2) is 6.17. The van der Waals surface area contributed by atoms with Crippen molar-refractivity contribution in [2.45, 2.75) is 26.7 Å². The average molecular weight is 237 g/mol. The maximum Gasteiger partial charge on any atom is 0.226 e. The van der Waals surface area contributed by atoms with Gasteiger partial charge in [-0.2, -0.15) is 0 Å². The topological polar surface area (TPSA) is 54.0 Å². The van der Waals surface area contributed by atoms with Crippen molar-refractivity contribution in [1.82, 2.24) is 10.3 Å². The highest BCUT2D eigenvalue weighted by Gasteiger charge is 2.05. The second-order valence-corrected chi connectivity index (χ2v) is 3.83. The van der Waals surface area contributed by atoms with E-state index in [9.17, 15) is 4.79 Å². The number of aryl methyl sites for hydroxylation is 1. The number of nitrogens with zero attached hydrogens (tertiary/aromatic N) is 1. The first-order chi connectivity index (χ1) is 7.63. The molecule has 0 aliphatic heterocycles. The first kappa shape index (κ1) is 12.6. The number of anilines is 1. The van der Waals surface area contributed by atoms with E-state index in [4.69, 9.17) is 12.2 Å². The summed E-state index contributed by atoms with van der Waals surface area (Å²) in [5.74, 6) is 0.595. The molecule has 86 valence electrons. The molecule has 1 rings (SSSR count). The number of hydrogen-bond acceptors (Lipinski definition) is 3. The van der Waals surface area contributed by atoms with Gasteiger partial charge in [-0.15, -0.1) is 0 Å². The predicted octanol–water partition coefficient (Wildman–Crippen LogP) is 2.00. The van der Waals surface area contributed by atoms with E-state index in [0.717, 1.165) is 12.0 Å². The Labute approximate surface area is 100 Å². The highest BCUT2D eigenvalue weighted by atomic mass is 32.1. The third kappa shape index (κ3) is 3.94. The molecule has 2 N–H and O–H groups in total. The summed E-state index contributed by atoms with van der Waals surface area (Å²) < 4.78 is 0. The van der Waals surface area contributed by atoms with Gasteiger partial charge in [0.1, 0.15) is 5.82 Å². The molecule has 0 saturated carbocycles. The molecule has 0 fully saturated rings. The Bertz CT molecular complexity index is 393. The summed E-state index contributed by atoms with van der Waals surface area (Å²) in [6.07, 6.45) is 2.95. The first-order valence-corrected chi connectivity index (χ1v) is 5.56. The second-order valence-electron chi connectivity index (χ2n) is 3.42. The smallest absolute Gasteiger partial charge is 0.226 e. The van der Waals surface area contributed by atoms with E-state index in [1.807, 2.05) is 26.0 Å². The van der Waals surface area contributed by atoms with Gasteiger partial charge in [0.05, 0.1) is 0 Å². The minimum Gasteiger partial charge on any atom is -0.317 e. The lowest BCUT2D eigenvalue weighted by Crippen LogP contribution is -2.34. The molecule has 0 bridgehead atoms. The van der Waals surface area contributed by atoms with E-state index in [-0.39, 0.29) is 5.91 Å². The third-order valence-electron chi connectivity index (χ3n) is 1.97. The predicted molar refractivity (Wildman–Crippen MR) is 68.2 cm³/mol. The van der Waals surface area contributed by atoms with E-state index in [1.165, 1.54) is 0 Å². The van der Waals surface area contributed by atoms with Gasteiger partial charge >= 0.3 is 0 Å². The van der Waals surface area contributed by atoms with E-state index in [0.29, 0.717) is 17.4 Å². The third-order valence-corrected chi connectivity index (χ3v) is 2.18. The molecule has 0 unspecified atom stereocenters. The van der Waals surface area contributed by atoms with Crippen LogP contribution in [0.3, 0.4) is 0 Å². The Hall–Kier alpha value is -1.49. The summed E-state index contributed by atoms with van der Waals surface area (Å²) in [5, 5.41) is 5.78. The van der Waals surface area contributed by atoms with E-state index < -0.39 is 0 Å². The zero-order valence-corrected chi connectivity index (χ0v) is 10.2. The van der Waals surface area contributed by atoms with Crippen molar-refractivity contribution in [2.24, 2.45) is 0 Å². The Morgan fingerprint density at radius 2 is 2.31 bits per heavy atom. The van der Waals surface area contributed by atoms with Crippen molar-refractivity contribution in [3.05, 3.63) is 23.9 Å². The van der Waals surface area contributed by atoms with Gasteiger partial charge < -0.3 is 10.6 Å². The Morgan fingerprint density at radius 3 is 2.94 bits per heavy atom. The standard InChI is InChI=1S/C11H15N3OS/c1-3-5-9(15)13-11(16)14-10-8(2)6-4-7-12-10/h4,6-7H,3,5H2,1-2H3,(H2,12,13,14,15,16). The number of thiocarbonyl (C=S) groups is 1. The van der Waals surface area contributed by atoms with Gasteiger partial charge in [0.15, 0.2) is 5.11 Å². The average Bonchev–Trinajstić information content (AvgIpc) is 2.21. The molecule has 0 saturated heterocycles. The number of aromatic nitrogens is 1. The van der Waals surface area contributed by atoms with Crippen LogP contribution in [0, 0.1) is 6.92 Å². The van der Waals surface area contributed by atoms with Crippen molar-refractivity contribution >= 4 is 29.1 Å². The van der Waals surface area contributed by atoms with Crippen LogP contribution in [0.25, 0.3) is 0 Å². The monoisotopic (exact) mass is 237 g/mol. The van der Waals surface area contributed by atoms with E-state index in [1.54, 1.807) is 6.20 Å². The molecule has 0 aliphatic carbocycles. The Morgan fingerprint density at radius 1 is 1.56 bits per heavy atom. The fraction of sp³-hybridized carbons (Fsp3) is 0.364. The zero-order chi connectivity index (χ0) is 12.0. The molecule has 1 aromatic heterocycles. The maximum absolute atomic E-state index is 11.3. The summed E-state index contributed by atoms with van der Waals surface area (Å²) in [6, 6.07) is 3.77. The van der Waals surface area contributed by atoms with Crippen LogP contribution in [0.5, 0.6) is 0 Å². The Balaban J connectivity index is 2.52. The highest BCUT2D eigenvalue weighted by Crippen LogP contribution is 2.08. The number of hydrogen-bond donors (Lipinski definition) is 2. The van der Waals surface area contributed by atoms with Crippen LogP contribution < -0.4 is 10.6 Å². The molecule has 5 heteroatoms. The van der Waals surface area contributed by atoms with Crippen molar-refractivity contribution in [3.8, 4) is 0 Å². The van der Waals surface area contributed by atoms with Gasteiger partial charge in [0.25, 0.3) is 0 Å². The lowest BCUT2D eigenvalue weighted by atomic mass is 10.3. The largest absolute Gasteiger partial charge is 0.317 e. The van der Waals surface area contributed by atoms with Crippen LogP contribution >= 0.6 is 12.2 Å². The lowest BCUT2D eigenvalue weighted by molar-refractivity contribution is -0.119. The van der Waals surface area contributed by atoms with Gasteiger partial charge in [-0.1, -0.05) is 13.0 Å². The van der Waals surface area contributed by atoms with E-state index >= 15 is 0 Å². The number of carbonyl (C=O) groups is 1. The van der Waals surface area contributed by atoms with Crippen molar-refractivity contribution in [1.29, 1.82) is 0 Å². The number of pyridine rings is 1. The minimum atomic E-state index is -0.0754. The van der Waals surface area contributed by atoms with Gasteiger partial charge in [-0.25, -0.2) is 4.98 Å². The molecule has 0 atom stereocenters. The molecule has 0 aliphatic rings. The fourth-order valence-electron chi connectivity index (χ4n) is 1.17. The fourth-order valence-corrected chi connectivity index (χ4v) is 1.38. The molecular formula is C11H15N3OS. The molecule has 0 spiro atoms. The quantitative estimate of drug-likeness (QED) is 0.790. The van der Waals surface area contributed by atoms with Crippen molar-refractivity contribution in [2.75, 3.05) is 5.32 Å². The number of amides is 1. The summed E-state index contributed by atoms with van der Waals surface area (Å²) >= 11 is 5.00. The van der Waals surface area contributed by atoms with Gasteiger partial charge in [-0.05, 0) is 37.2 Å². The lowest BCUT2D eigenvalue weighted by Gasteiger charge is -2.09. The molecule has 0 radical (unpaired) electrons. The molecule has 1 heterocycles. The summed E-state index contributed by atoms with van der Waals surface area (Å²) in [5.41, 5.74) is 0.981. The van der Waals surface area contributed by atoms with Crippen molar-refractivity contribution in [3.63, 3.8) is 0 Å². The summed E-state index contributed by atoms with van der Waals surface area (Å²) in [4.78, 5) is 15.4. The minimum absolute atomic E-state index is 0.0754. The normalized spacial score (nSPS) is 9.62. The first-order valence-electron chi connectivity index (χ1n) is 5.16. The summed E-state index contributed by atoms with van der Waals surface area (Å²) in [6.45, 7) is 3.87. The SMILES string of the molecule is CCCC(=O)NC(=S)Nc1ncccc1C. The zero-order valence-electron chi connectivity index (χ0n) is 9.41. The van der Waals surface area contributed by atoms with Crippen LogP contribution in [-0.2, 0) is 4.79 Å². The van der Waals surface area contributed by atoms with Crippen molar-refractivity contribution < 1.29 is 4.79 Å². The van der Waals surface area contributed by atoms with Crippen LogP contribution in [0.15, 0.2) is 18.3 Å². The number of nitrogens with one attached hydrogen (secondary N) is 2. The van der Waals surface area contributed by atoms with Crippen LogP contribution in [0.2, 0.25) is 0 Å². The molecule has 1 amide bonds. The highest BCUT2D eigenvalue weighted by molar-refractivity contribution is 7.80. The van der Waals surface area contributed by atoms with Crippen LogP contribution in [0.4, 0.5) is 5.82 Å². The molecular weight excluding hydrogens is 222 g/mol.